The molecule has 0 amide bonds. The van der Waals surface area contributed by atoms with Crippen LogP contribution in [0.15, 0.2) is 24.3 Å². The fraction of sp³-hybridized carbons (Fsp3) is 0.500. The molecule has 0 spiro atoms. The molecule has 0 unspecified atom stereocenters. The summed E-state index contributed by atoms with van der Waals surface area (Å²) in [5.74, 6) is 0. The summed E-state index contributed by atoms with van der Waals surface area (Å²) in [6.07, 6.45) is -9.32. The SMILES string of the molecule is CC(C)N[C@H](c1cccc(C(F)(F)F)c1)C(F)(F)F. The summed E-state index contributed by atoms with van der Waals surface area (Å²) in [4.78, 5) is 0. The van der Waals surface area contributed by atoms with Gasteiger partial charge >= 0.3 is 12.4 Å². The number of rotatable bonds is 3. The lowest BCUT2D eigenvalue weighted by atomic mass is 10.0. The van der Waals surface area contributed by atoms with Crippen molar-refractivity contribution in [2.24, 2.45) is 0 Å². The first-order chi connectivity index (χ1) is 8.51. The lowest BCUT2D eigenvalue weighted by Gasteiger charge is -2.24. The van der Waals surface area contributed by atoms with Gasteiger partial charge in [-0.15, -0.1) is 0 Å². The third kappa shape index (κ3) is 4.41. The average Bonchev–Trinajstić information content (AvgIpc) is 2.23. The topological polar surface area (TPSA) is 12.0 Å². The smallest absolute Gasteiger partial charge is 0.300 e. The molecule has 0 aromatic heterocycles. The number of alkyl halides is 6. The average molecular weight is 285 g/mol. The summed E-state index contributed by atoms with van der Waals surface area (Å²) in [6, 6.07) is 0.637. The predicted molar refractivity (Wildman–Crippen MR) is 58.5 cm³/mol. The zero-order valence-corrected chi connectivity index (χ0v) is 10.2. The van der Waals surface area contributed by atoms with Gasteiger partial charge in [0.15, 0.2) is 0 Å². The van der Waals surface area contributed by atoms with Gasteiger partial charge in [-0.3, -0.25) is 0 Å². The Hall–Kier alpha value is -1.24. The van der Waals surface area contributed by atoms with Gasteiger partial charge in [0, 0.05) is 6.04 Å². The van der Waals surface area contributed by atoms with Crippen molar-refractivity contribution >= 4 is 0 Å². The Labute approximate surface area is 106 Å². The van der Waals surface area contributed by atoms with Crippen LogP contribution in [-0.2, 0) is 6.18 Å². The fourth-order valence-electron chi connectivity index (χ4n) is 1.61. The molecule has 0 saturated heterocycles. The number of halogens is 6. The molecule has 19 heavy (non-hydrogen) atoms. The second-order valence-electron chi connectivity index (χ2n) is 4.42. The van der Waals surface area contributed by atoms with Gasteiger partial charge in [-0.25, -0.2) is 0 Å². The lowest BCUT2D eigenvalue weighted by molar-refractivity contribution is -0.159. The van der Waals surface area contributed by atoms with Crippen molar-refractivity contribution in [3.8, 4) is 0 Å². The third-order valence-corrected chi connectivity index (χ3v) is 2.37. The number of benzene rings is 1. The normalized spacial score (nSPS) is 14.8. The summed E-state index contributed by atoms with van der Waals surface area (Å²) < 4.78 is 76.0. The first-order valence-electron chi connectivity index (χ1n) is 5.51. The van der Waals surface area contributed by atoms with Crippen molar-refractivity contribution in [1.82, 2.24) is 5.32 Å². The Morgan fingerprint density at radius 3 is 2.00 bits per heavy atom. The van der Waals surface area contributed by atoms with E-state index in [1.54, 1.807) is 0 Å². The molecule has 7 heteroatoms. The van der Waals surface area contributed by atoms with Gasteiger partial charge in [0.1, 0.15) is 6.04 Å². The van der Waals surface area contributed by atoms with E-state index >= 15 is 0 Å². The van der Waals surface area contributed by atoms with Crippen LogP contribution in [0.4, 0.5) is 26.3 Å². The van der Waals surface area contributed by atoms with E-state index in [1.807, 2.05) is 0 Å². The maximum Gasteiger partial charge on any atom is 0.416 e. The molecule has 0 aliphatic carbocycles. The molecule has 1 nitrogen and oxygen atoms in total. The van der Waals surface area contributed by atoms with E-state index in [0.29, 0.717) is 6.07 Å². The predicted octanol–water partition coefficient (Wildman–Crippen LogP) is 4.31. The minimum Gasteiger partial charge on any atom is -0.300 e. The molecule has 0 aliphatic rings. The maximum atomic E-state index is 12.9. The Morgan fingerprint density at radius 1 is 1.00 bits per heavy atom. The summed E-state index contributed by atoms with van der Waals surface area (Å²) in [6.45, 7) is 2.98. The van der Waals surface area contributed by atoms with Gasteiger partial charge in [-0.1, -0.05) is 26.0 Å². The molecule has 0 aliphatic heterocycles. The van der Waals surface area contributed by atoms with Gasteiger partial charge in [0.05, 0.1) is 5.56 Å². The number of hydrogen-bond donors (Lipinski definition) is 1. The molecule has 1 aromatic carbocycles. The minimum atomic E-state index is -4.66. The molecular weight excluding hydrogens is 272 g/mol. The van der Waals surface area contributed by atoms with Gasteiger partial charge in [-0.2, -0.15) is 26.3 Å². The molecule has 0 saturated carbocycles. The lowest BCUT2D eigenvalue weighted by Crippen LogP contribution is -2.38. The van der Waals surface area contributed by atoms with E-state index in [1.165, 1.54) is 13.8 Å². The van der Waals surface area contributed by atoms with Crippen LogP contribution in [0.5, 0.6) is 0 Å². The standard InChI is InChI=1S/C12H13F6N/c1-7(2)19-10(12(16,17)18)8-4-3-5-9(6-8)11(13,14)15/h3-7,10,19H,1-2H3/t10-/m1/s1. The highest BCUT2D eigenvalue weighted by Gasteiger charge is 2.42. The largest absolute Gasteiger partial charge is 0.416 e. The molecule has 0 radical (unpaired) electrons. The summed E-state index contributed by atoms with van der Waals surface area (Å²) >= 11 is 0. The Kier molecular flexibility index (Phi) is 4.50. The third-order valence-electron chi connectivity index (χ3n) is 2.37. The van der Waals surface area contributed by atoms with E-state index < -0.39 is 35.6 Å². The molecule has 0 bridgehead atoms. The molecular formula is C12H13F6N. The summed E-state index contributed by atoms with van der Waals surface area (Å²) in [5.41, 5.74) is -1.54. The molecule has 1 aromatic rings. The van der Waals surface area contributed by atoms with Gasteiger partial charge < -0.3 is 5.32 Å². The van der Waals surface area contributed by atoms with Gasteiger partial charge in [0.2, 0.25) is 0 Å². The van der Waals surface area contributed by atoms with Crippen LogP contribution in [0.1, 0.15) is 31.0 Å². The zero-order chi connectivity index (χ0) is 14.8. The van der Waals surface area contributed by atoms with Crippen molar-refractivity contribution in [3.05, 3.63) is 35.4 Å². The molecule has 1 N–H and O–H groups in total. The number of hydrogen-bond acceptors (Lipinski definition) is 1. The Morgan fingerprint density at radius 2 is 1.58 bits per heavy atom. The van der Waals surface area contributed by atoms with Crippen LogP contribution in [0.25, 0.3) is 0 Å². The second kappa shape index (κ2) is 5.40. The summed E-state index contributed by atoms with van der Waals surface area (Å²) in [5, 5.41) is 2.22. The molecule has 0 heterocycles. The van der Waals surface area contributed by atoms with E-state index in [-0.39, 0.29) is 0 Å². The van der Waals surface area contributed by atoms with E-state index in [9.17, 15) is 26.3 Å². The molecule has 1 rings (SSSR count). The first kappa shape index (κ1) is 15.8. The Bertz CT molecular complexity index is 421. The van der Waals surface area contributed by atoms with Crippen molar-refractivity contribution in [3.63, 3.8) is 0 Å². The van der Waals surface area contributed by atoms with E-state index in [0.717, 1.165) is 18.2 Å². The highest BCUT2D eigenvalue weighted by molar-refractivity contribution is 5.29. The minimum absolute atomic E-state index is 0.448. The number of nitrogens with one attached hydrogen (secondary N) is 1. The van der Waals surface area contributed by atoms with Crippen molar-refractivity contribution < 1.29 is 26.3 Å². The van der Waals surface area contributed by atoms with Crippen LogP contribution >= 0.6 is 0 Å². The van der Waals surface area contributed by atoms with E-state index in [2.05, 4.69) is 5.32 Å². The monoisotopic (exact) mass is 285 g/mol. The van der Waals surface area contributed by atoms with Gasteiger partial charge in [-0.05, 0) is 17.7 Å². The quantitative estimate of drug-likeness (QED) is 0.816. The molecule has 108 valence electrons. The molecule has 0 fully saturated rings. The Balaban J connectivity index is 3.17. The first-order valence-corrected chi connectivity index (χ1v) is 5.51. The van der Waals surface area contributed by atoms with Crippen LogP contribution in [0.2, 0.25) is 0 Å². The van der Waals surface area contributed by atoms with Crippen molar-refractivity contribution in [2.75, 3.05) is 0 Å². The highest BCUT2D eigenvalue weighted by Crippen LogP contribution is 2.36. The second-order valence-corrected chi connectivity index (χ2v) is 4.42. The zero-order valence-electron chi connectivity index (χ0n) is 10.2. The van der Waals surface area contributed by atoms with Crippen molar-refractivity contribution in [1.29, 1.82) is 0 Å². The van der Waals surface area contributed by atoms with Crippen molar-refractivity contribution in [2.45, 2.75) is 38.3 Å². The molecule has 1 atom stereocenters. The maximum absolute atomic E-state index is 12.9. The van der Waals surface area contributed by atoms with Crippen LogP contribution in [-0.4, -0.2) is 12.2 Å². The van der Waals surface area contributed by atoms with Crippen LogP contribution in [0, 0.1) is 0 Å². The van der Waals surface area contributed by atoms with Crippen LogP contribution in [0.3, 0.4) is 0 Å². The van der Waals surface area contributed by atoms with E-state index in [4.69, 9.17) is 0 Å². The summed E-state index contributed by atoms with van der Waals surface area (Å²) in [7, 11) is 0. The highest BCUT2D eigenvalue weighted by atomic mass is 19.4. The van der Waals surface area contributed by atoms with Crippen LogP contribution < -0.4 is 5.32 Å². The fourth-order valence-corrected chi connectivity index (χ4v) is 1.61. The van der Waals surface area contributed by atoms with Gasteiger partial charge in [0.25, 0.3) is 0 Å².